The van der Waals surface area contributed by atoms with E-state index in [9.17, 15) is 0 Å². The molecule has 1 unspecified atom stereocenters. The molecule has 2 nitrogen and oxygen atoms in total. The molecule has 0 radical (unpaired) electrons. The van der Waals surface area contributed by atoms with Gasteiger partial charge in [0.05, 0.1) is 0 Å². The van der Waals surface area contributed by atoms with Crippen LogP contribution in [0.3, 0.4) is 0 Å². The van der Waals surface area contributed by atoms with Crippen molar-refractivity contribution in [3.05, 3.63) is 12.3 Å². The van der Waals surface area contributed by atoms with Crippen LogP contribution in [0.4, 0.5) is 0 Å². The summed E-state index contributed by atoms with van der Waals surface area (Å²) in [6, 6.07) is 0. The summed E-state index contributed by atoms with van der Waals surface area (Å²) in [5.74, 6) is 0. The zero-order chi connectivity index (χ0) is 7.28. The van der Waals surface area contributed by atoms with E-state index in [2.05, 4.69) is 20.4 Å². The topological polar surface area (TPSA) is 29.5 Å². The minimum atomic E-state index is -1.21. The molecule has 0 aromatic carbocycles. The maximum atomic E-state index is 8.52. The second-order valence-electron chi connectivity index (χ2n) is 2.24. The van der Waals surface area contributed by atoms with E-state index in [0.717, 1.165) is 0 Å². The van der Waals surface area contributed by atoms with Gasteiger partial charge in [-0.05, 0) is 5.54 Å². The van der Waals surface area contributed by atoms with Crippen molar-refractivity contribution in [3.8, 4) is 0 Å². The summed E-state index contributed by atoms with van der Waals surface area (Å²) < 4.78 is 5.17. The average Bonchev–Trinajstić information content (AvgIpc) is 1.82. The predicted molar refractivity (Wildman–Crippen MR) is 44.3 cm³/mol. The van der Waals surface area contributed by atoms with Crippen molar-refractivity contribution in [3.63, 3.8) is 0 Å². The van der Waals surface area contributed by atoms with Crippen molar-refractivity contribution >= 4 is 19.0 Å². The van der Waals surface area contributed by atoms with Gasteiger partial charge in [0.25, 0.3) is 10.0 Å². The molecule has 0 saturated heterocycles. The quantitative estimate of drug-likeness (QED) is 0.583. The maximum absolute atomic E-state index is 8.52. The molecule has 54 valence electrons. The number of hydrogen-bond acceptors (Lipinski definition) is 2. The Balaban J connectivity index is 3.54. The molecule has 0 fully saturated rings. The summed E-state index contributed by atoms with van der Waals surface area (Å²) in [6.07, 6.45) is 0. The molecule has 0 bridgehead atoms. The molecule has 0 saturated carbocycles. The van der Waals surface area contributed by atoms with Gasteiger partial charge in [-0.25, -0.2) is 0 Å². The largest absolute Gasteiger partial charge is 0.439 e. The molecule has 0 heterocycles. The third-order valence-electron chi connectivity index (χ3n) is 1.16. The second-order valence-corrected chi connectivity index (χ2v) is 6.57. The van der Waals surface area contributed by atoms with E-state index in [0.29, 0.717) is 5.54 Å². The van der Waals surface area contributed by atoms with E-state index < -0.39 is 19.0 Å². The molecule has 0 aromatic heterocycles. The molecule has 9 heavy (non-hydrogen) atoms. The third-order valence-corrected chi connectivity index (χ3v) is 5.07. The molecule has 0 amide bonds. The van der Waals surface area contributed by atoms with E-state index in [-0.39, 0.29) is 0 Å². The Labute approximate surface area is 60.3 Å². The average molecular weight is 162 g/mol. The van der Waals surface area contributed by atoms with Crippen LogP contribution >= 0.6 is 0 Å². The first-order valence-electron chi connectivity index (χ1n) is 3.07. The van der Waals surface area contributed by atoms with Gasteiger partial charge in [-0.1, -0.05) is 19.5 Å². The Morgan fingerprint density at radius 1 is 1.78 bits per heavy atom. The van der Waals surface area contributed by atoms with Gasteiger partial charge in [-0.15, -0.1) is 6.58 Å². The molecule has 0 aromatic rings. The van der Waals surface area contributed by atoms with Gasteiger partial charge in [0.2, 0.25) is 0 Å². The molecular weight excluding hydrogens is 148 g/mol. The Morgan fingerprint density at radius 3 is 2.44 bits per heavy atom. The smallest absolute Gasteiger partial charge is 0.291 e. The van der Waals surface area contributed by atoms with Gasteiger partial charge in [0, 0.05) is 0 Å². The van der Waals surface area contributed by atoms with Crippen molar-refractivity contribution in [2.24, 2.45) is 0 Å². The maximum Gasteiger partial charge on any atom is 0.291 e. The Morgan fingerprint density at radius 2 is 2.33 bits per heavy atom. The molecular formula is C5H14O2Si2. The molecule has 0 spiro atoms. The van der Waals surface area contributed by atoms with Gasteiger partial charge in [-0.3, -0.25) is 0 Å². The SMILES string of the molecule is C=C[SiH](O[SiH2]O)C(C)C. The highest BCUT2D eigenvalue weighted by molar-refractivity contribution is 6.63. The van der Waals surface area contributed by atoms with Crippen molar-refractivity contribution in [1.29, 1.82) is 0 Å². The van der Waals surface area contributed by atoms with Crippen molar-refractivity contribution < 1.29 is 8.91 Å². The molecule has 0 aliphatic carbocycles. The van der Waals surface area contributed by atoms with Gasteiger partial charge < -0.3 is 8.91 Å². The van der Waals surface area contributed by atoms with E-state index in [1.165, 1.54) is 0 Å². The Bertz CT molecular complexity index is 85.0. The Hall–Kier alpha value is 0.0938. The highest BCUT2D eigenvalue weighted by Gasteiger charge is 2.10. The first-order valence-corrected chi connectivity index (χ1v) is 6.08. The highest BCUT2D eigenvalue weighted by Crippen LogP contribution is 2.07. The lowest BCUT2D eigenvalue weighted by Gasteiger charge is -2.13. The van der Waals surface area contributed by atoms with Gasteiger partial charge >= 0.3 is 0 Å². The first kappa shape index (κ1) is 9.09. The predicted octanol–water partition coefficient (Wildman–Crippen LogP) is -0.147. The van der Waals surface area contributed by atoms with Crippen LogP contribution in [0.2, 0.25) is 5.54 Å². The summed E-state index contributed by atoms with van der Waals surface area (Å²) >= 11 is 0. The molecule has 4 heteroatoms. The van der Waals surface area contributed by atoms with Crippen LogP contribution in [0.15, 0.2) is 12.3 Å². The fraction of sp³-hybridized carbons (Fsp3) is 0.600. The number of hydrogen-bond donors (Lipinski definition) is 1. The fourth-order valence-corrected chi connectivity index (χ4v) is 3.94. The third kappa shape index (κ3) is 3.63. The van der Waals surface area contributed by atoms with Gasteiger partial charge in [-0.2, -0.15) is 0 Å². The van der Waals surface area contributed by atoms with Crippen LogP contribution in [0.1, 0.15) is 13.8 Å². The van der Waals surface area contributed by atoms with E-state index in [4.69, 9.17) is 8.91 Å². The lowest BCUT2D eigenvalue weighted by Crippen LogP contribution is -2.21. The molecule has 1 N–H and O–H groups in total. The van der Waals surface area contributed by atoms with E-state index >= 15 is 0 Å². The summed E-state index contributed by atoms with van der Waals surface area (Å²) in [7, 11) is -2.41. The lowest BCUT2D eigenvalue weighted by atomic mass is 10.6. The fourth-order valence-electron chi connectivity index (χ4n) is 0.619. The van der Waals surface area contributed by atoms with Crippen molar-refractivity contribution in [1.82, 2.24) is 0 Å². The van der Waals surface area contributed by atoms with Crippen molar-refractivity contribution in [2.75, 3.05) is 0 Å². The van der Waals surface area contributed by atoms with Crippen LogP contribution in [-0.4, -0.2) is 23.8 Å². The highest BCUT2D eigenvalue weighted by atomic mass is 28.4. The minimum absolute atomic E-state index is 0.558. The summed E-state index contributed by atoms with van der Waals surface area (Å²) in [5, 5.41) is 0. The van der Waals surface area contributed by atoms with Crippen LogP contribution < -0.4 is 0 Å². The first-order chi connectivity index (χ1) is 4.22. The van der Waals surface area contributed by atoms with E-state index in [1.807, 2.05) is 5.70 Å². The monoisotopic (exact) mass is 162 g/mol. The zero-order valence-electron chi connectivity index (χ0n) is 6.00. The van der Waals surface area contributed by atoms with Crippen LogP contribution in [0, 0.1) is 0 Å². The standard InChI is InChI=1S/C5H14O2Si2/c1-4-9(5(2)3)7-8-6/h4-6,9H,1,8H2,2-3H3. The van der Waals surface area contributed by atoms with Gasteiger partial charge in [0.15, 0.2) is 9.04 Å². The van der Waals surface area contributed by atoms with E-state index in [1.54, 1.807) is 0 Å². The van der Waals surface area contributed by atoms with Crippen molar-refractivity contribution in [2.45, 2.75) is 19.4 Å². The summed E-state index contributed by atoms with van der Waals surface area (Å²) in [6.45, 7) is 7.85. The lowest BCUT2D eigenvalue weighted by molar-refractivity contribution is 0.457. The molecule has 0 aliphatic heterocycles. The molecule has 0 aliphatic rings. The van der Waals surface area contributed by atoms with Gasteiger partial charge in [0.1, 0.15) is 0 Å². The van der Waals surface area contributed by atoms with Crippen LogP contribution in [0.5, 0.6) is 0 Å². The second kappa shape index (κ2) is 4.93. The normalized spacial score (nSPS) is 15.1. The van der Waals surface area contributed by atoms with Crippen LogP contribution in [-0.2, 0) is 4.12 Å². The summed E-state index contributed by atoms with van der Waals surface area (Å²) in [4.78, 5) is 8.52. The molecule has 0 rings (SSSR count). The van der Waals surface area contributed by atoms with Crippen LogP contribution in [0.25, 0.3) is 0 Å². The number of rotatable bonds is 4. The minimum Gasteiger partial charge on any atom is -0.439 e. The summed E-state index contributed by atoms with van der Waals surface area (Å²) in [5.41, 5.74) is 2.43. The molecule has 1 atom stereocenters. The Kier molecular flexibility index (Phi) is 4.98. The zero-order valence-corrected chi connectivity index (χ0v) is 8.57.